The van der Waals surface area contributed by atoms with Crippen molar-refractivity contribution in [3.05, 3.63) is 53.5 Å². The lowest BCUT2D eigenvalue weighted by molar-refractivity contribution is -0.0382. The molecule has 3 aromatic rings. The third-order valence-electron chi connectivity index (χ3n) is 6.74. The number of anilines is 2. The van der Waals surface area contributed by atoms with E-state index in [9.17, 15) is 9.59 Å². The highest BCUT2D eigenvalue weighted by Crippen LogP contribution is 2.35. The molecule has 2 amide bonds. The number of amides is 2. The largest absolute Gasteiger partial charge is 0.381 e. The Hall–Kier alpha value is -3.50. The lowest BCUT2D eigenvalue weighted by Crippen LogP contribution is -2.37. The maximum atomic E-state index is 13.2. The zero-order valence-electron chi connectivity index (χ0n) is 18.8. The van der Waals surface area contributed by atoms with Crippen molar-refractivity contribution >= 4 is 28.8 Å². The van der Waals surface area contributed by atoms with Crippen molar-refractivity contribution in [1.82, 2.24) is 19.5 Å². The summed E-state index contributed by atoms with van der Waals surface area (Å²) < 4.78 is 12.4. The molecule has 3 aliphatic rings. The van der Waals surface area contributed by atoms with Crippen LogP contribution in [-0.4, -0.2) is 77.4 Å². The van der Waals surface area contributed by atoms with Crippen molar-refractivity contribution in [3.8, 4) is 0 Å². The minimum atomic E-state index is -0.283. The topological polar surface area (TPSA) is 101 Å². The third kappa shape index (κ3) is 3.78. The second kappa shape index (κ2) is 8.69. The van der Waals surface area contributed by atoms with Gasteiger partial charge in [-0.25, -0.2) is 9.50 Å². The quantitative estimate of drug-likeness (QED) is 0.596. The van der Waals surface area contributed by atoms with Crippen molar-refractivity contribution in [2.45, 2.75) is 13.0 Å². The van der Waals surface area contributed by atoms with Gasteiger partial charge in [0, 0.05) is 50.1 Å². The molecule has 0 radical (unpaired) electrons. The van der Waals surface area contributed by atoms with E-state index in [4.69, 9.17) is 9.47 Å². The summed E-state index contributed by atoms with van der Waals surface area (Å²) in [5.74, 6) is 0.304. The highest BCUT2D eigenvalue weighted by Gasteiger charge is 2.31. The minimum absolute atomic E-state index is 0.0504. The Balaban J connectivity index is 1.30. The van der Waals surface area contributed by atoms with Gasteiger partial charge in [0.05, 0.1) is 44.0 Å². The zero-order chi connectivity index (χ0) is 23.1. The average molecular weight is 463 g/mol. The molecular weight excluding hydrogens is 436 g/mol. The molecule has 6 rings (SSSR count). The SMILES string of the molecule is O=C(Nc1cc2c(cc1N1CCOCC1)C(=O)N(CCC1COC1)C2)c1cnn2cccnc12. The summed E-state index contributed by atoms with van der Waals surface area (Å²) >= 11 is 0. The predicted molar refractivity (Wildman–Crippen MR) is 124 cm³/mol. The van der Waals surface area contributed by atoms with Crippen LogP contribution in [0.5, 0.6) is 0 Å². The van der Waals surface area contributed by atoms with Crippen molar-refractivity contribution in [3.63, 3.8) is 0 Å². The molecule has 1 N–H and O–H groups in total. The van der Waals surface area contributed by atoms with Gasteiger partial charge in [-0.3, -0.25) is 9.59 Å². The number of nitrogens with zero attached hydrogens (tertiary/aromatic N) is 5. The maximum absolute atomic E-state index is 13.2. The molecule has 10 nitrogen and oxygen atoms in total. The molecule has 5 heterocycles. The molecule has 0 atom stereocenters. The summed E-state index contributed by atoms with van der Waals surface area (Å²) in [4.78, 5) is 34.7. The summed E-state index contributed by atoms with van der Waals surface area (Å²) in [6.07, 6.45) is 5.86. The van der Waals surface area contributed by atoms with Crippen molar-refractivity contribution < 1.29 is 19.1 Å². The van der Waals surface area contributed by atoms with Gasteiger partial charge >= 0.3 is 0 Å². The molecule has 3 aliphatic heterocycles. The minimum Gasteiger partial charge on any atom is -0.381 e. The van der Waals surface area contributed by atoms with Crippen molar-refractivity contribution in [2.24, 2.45) is 5.92 Å². The fourth-order valence-corrected chi connectivity index (χ4v) is 4.72. The molecule has 0 aliphatic carbocycles. The number of hydrogen-bond acceptors (Lipinski definition) is 7. The smallest absolute Gasteiger partial charge is 0.261 e. The van der Waals surface area contributed by atoms with E-state index in [2.05, 4.69) is 20.3 Å². The Morgan fingerprint density at radius 1 is 1.18 bits per heavy atom. The van der Waals surface area contributed by atoms with Gasteiger partial charge < -0.3 is 24.6 Å². The van der Waals surface area contributed by atoms with Crippen LogP contribution in [0.4, 0.5) is 11.4 Å². The number of carbonyl (C=O) groups excluding carboxylic acids is 2. The molecule has 2 fully saturated rings. The van der Waals surface area contributed by atoms with Crippen molar-refractivity contribution in [1.29, 1.82) is 0 Å². The second-order valence-electron chi connectivity index (χ2n) is 8.95. The van der Waals surface area contributed by atoms with Crippen LogP contribution < -0.4 is 10.2 Å². The van der Waals surface area contributed by atoms with Gasteiger partial charge in [-0.05, 0) is 30.2 Å². The molecule has 10 heteroatoms. The lowest BCUT2D eigenvalue weighted by Gasteiger charge is -2.31. The average Bonchev–Trinajstić information content (AvgIpc) is 3.39. The molecule has 34 heavy (non-hydrogen) atoms. The monoisotopic (exact) mass is 462 g/mol. The first-order valence-corrected chi connectivity index (χ1v) is 11.6. The van der Waals surface area contributed by atoms with Gasteiger partial charge in [0.15, 0.2) is 5.65 Å². The lowest BCUT2D eigenvalue weighted by atomic mass is 10.0. The summed E-state index contributed by atoms with van der Waals surface area (Å²) in [6, 6.07) is 5.64. The second-order valence-corrected chi connectivity index (χ2v) is 8.95. The highest BCUT2D eigenvalue weighted by molar-refractivity contribution is 6.10. The molecule has 176 valence electrons. The predicted octanol–water partition coefficient (Wildman–Crippen LogP) is 1.81. The van der Waals surface area contributed by atoms with E-state index in [-0.39, 0.29) is 11.8 Å². The molecular formula is C24H26N6O4. The molecule has 0 bridgehead atoms. The number of ether oxygens (including phenoxy) is 2. The fraction of sp³-hybridized carbons (Fsp3) is 0.417. The number of rotatable bonds is 6. The van der Waals surface area contributed by atoms with Crippen LogP contribution >= 0.6 is 0 Å². The number of morpholine rings is 1. The van der Waals surface area contributed by atoms with E-state index in [0.29, 0.717) is 67.8 Å². The molecule has 0 unspecified atom stereocenters. The highest BCUT2D eigenvalue weighted by atomic mass is 16.5. The number of nitrogens with one attached hydrogen (secondary N) is 1. The maximum Gasteiger partial charge on any atom is 0.261 e. The first kappa shape index (κ1) is 21.1. The van der Waals surface area contributed by atoms with Crippen LogP contribution in [0.2, 0.25) is 0 Å². The van der Waals surface area contributed by atoms with Gasteiger partial charge in [-0.1, -0.05) is 0 Å². The van der Waals surface area contributed by atoms with E-state index >= 15 is 0 Å². The number of benzene rings is 1. The van der Waals surface area contributed by atoms with Gasteiger partial charge in [0.1, 0.15) is 5.56 Å². The van der Waals surface area contributed by atoms with Gasteiger partial charge in [0.25, 0.3) is 11.8 Å². The van der Waals surface area contributed by atoms with E-state index in [0.717, 1.165) is 30.9 Å². The van der Waals surface area contributed by atoms with Crippen LogP contribution in [0.3, 0.4) is 0 Å². The summed E-state index contributed by atoms with van der Waals surface area (Å²) in [7, 11) is 0. The number of fused-ring (bicyclic) bond motifs is 2. The Labute approximate surface area is 196 Å². The zero-order valence-corrected chi connectivity index (χ0v) is 18.8. The van der Waals surface area contributed by atoms with E-state index in [1.165, 1.54) is 6.20 Å². The van der Waals surface area contributed by atoms with Crippen LogP contribution in [0.1, 0.15) is 32.7 Å². The first-order valence-electron chi connectivity index (χ1n) is 11.6. The number of carbonyl (C=O) groups is 2. The normalized spacial score (nSPS) is 18.3. The summed E-state index contributed by atoms with van der Waals surface area (Å²) in [5.41, 5.74) is 4.05. The fourth-order valence-electron chi connectivity index (χ4n) is 4.72. The first-order chi connectivity index (χ1) is 16.7. The summed E-state index contributed by atoms with van der Waals surface area (Å²) in [6.45, 7) is 5.42. The van der Waals surface area contributed by atoms with Gasteiger partial charge in [0.2, 0.25) is 0 Å². The number of hydrogen-bond donors (Lipinski definition) is 1. The third-order valence-corrected chi connectivity index (χ3v) is 6.74. The van der Waals surface area contributed by atoms with Crippen LogP contribution in [0, 0.1) is 5.92 Å². The van der Waals surface area contributed by atoms with E-state index in [1.807, 2.05) is 17.0 Å². The molecule has 1 aromatic carbocycles. The Kier molecular flexibility index (Phi) is 5.39. The van der Waals surface area contributed by atoms with Gasteiger partial charge in [-0.2, -0.15) is 5.10 Å². The van der Waals surface area contributed by atoms with E-state index < -0.39 is 0 Å². The van der Waals surface area contributed by atoms with Crippen LogP contribution in [0.15, 0.2) is 36.8 Å². The molecule has 2 saturated heterocycles. The Morgan fingerprint density at radius 2 is 2.03 bits per heavy atom. The van der Waals surface area contributed by atoms with E-state index in [1.54, 1.807) is 23.0 Å². The Bertz CT molecular complexity index is 1250. The molecule has 0 spiro atoms. The van der Waals surface area contributed by atoms with Gasteiger partial charge in [-0.15, -0.1) is 0 Å². The van der Waals surface area contributed by atoms with Crippen LogP contribution in [0.25, 0.3) is 5.65 Å². The standard InChI is InChI=1S/C24H26N6O4/c31-23(19-12-26-30-4-1-3-25-22(19)30)27-20-10-17-13-29(5-2-16-14-34-15-16)24(32)18(17)11-21(20)28-6-8-33-9-7-28/h1,3-4,10-12,16H,2,5-9,13-15H2,(H,27,31). The molecule has 2 aromatic heterocycles. The Morgan fingerprint density at radius 3 is 2.82 bits per heavy atom. The molecule has 0 saturated carbocycles. The summed E-state index contributed by atoms with van der Waals surface area (Å²) in [5, 5.41) is 7.29. The number of aromatic nitrogens is 3. The van der Waals surface area contributed by atoms with Crippen molar-refractivity contribution in [2.75, 3.05) is 56.3 Å². The van der Waals surface area contributed by atoms with Crippen LogP contribution in [-0.2, 0) is 16.0 Å².